The molecule has 0 saturated carbocycles. The minimum absolute atomic E-state index is 0.238. The van der Waals surface area contributed by atoms with Gasteiger partial charge in [-0.3, -0.25) is 10.1 Å². The molecule has 0 radical (unpaired) electrons. The van der Waals surface area contributed by atoms with Crippen molar-refractivity contribution in [2.45, 2.75) is 19.3 Å². The van der Waals surface area contributed by atoms with Crippen LogP contribution in [-0.4, -0.2) is 10.9 Å². The second-order valence-electron chi connectivity index (χ2n) is 3.67. The van der Waals surface area contributed by atoms with Gasteiger partial charge in [-0.25, -0.2) is 4.98 Å². The van der Waals surface area contributed by atoms with Crippen molar-refractivity contribution >= 4 is 22.4 Å². The molecule has 0 atom stereocenters. The SMILES string of the molecule is O=C(Nc1nc2c(s1)CCC2)c1ccco1. The number of rotatable bonds is 2. The number of thiazole rings is 1. The molecular weight excluding hydrogens is 224 g/mol. The van der Waals surface area contributed by atoms with Gasteiger partial charge in [0.2, 0.25) is 0 Å². The molecule has 1 aliphatic carbocycles. The van der Waals surface area contributed by atoms with Gasteiger partial charge in [0, 0.05) is 4.88 Å². The number of carbonyl (C=O) groups excluding carboxylic acids is 1. The minimum Gasteiger partial charge on any atom is -0.459 e. The summed E-state index contributed by atoms with van der Waals surface area (Å²) in [5, 5.41) is 3.42. The molecule has 16 heavy (non-hydrogen) atoms. The molecule has 0 aromatic carbocycles. The van der Waals surface area contributed by atoms with Gasteiger partial charge in [-0.1, -0.05) is 0 Å². The molecule has 3 rings (SSSR count). The quantitative estimate of drug-likeness (QED) is 0.868. The first-order valence-corrected chi connectivity index (χ1v) is 5.98. The van der Waals surface area contributed by atoms with Crippen molar-refractivity contribution in [1.29, 1.82) is 0 Å². The van der Waals surface area contributed by atoms with Gasteiger partial charge in [0.15, 0.2) is 10.9 Å². The van der Waals surface area contributed by atoms with E-state index in [0.29, 0.717) is 10.9 Å². The fourth-order valence-corrected chi connectivity index (χ4v) is 2.86. The standard InChI is InChI=1S/C11H10N2O2S/c14-10(8-4-2-6-15-8)13-11-12-7-3-1-5-9(7)16-11/h2,4,6H,1,3,5H2,(H,12,13,14). The van der Waals surface area contributed by atoms with Crippen LogP contribution in [0.25, 0.3) is 0 Å². The number of hydrogen-bond donors (Lipinski definition) is 1. The van der Waals surface area contributed by atoms with Crippen LogP contribution >= 0.6 is 11.3 Å². The molecule has 1 amide bonds. The number of carbonyl (C=O) groups is 1. The molecule has 2 aromatic heterocycles. The Morgan fingerprint density at radius 2 is 2.44 bits per heavy atom. The zero-order valence-corrected chi connectivity index (χ0v) is 9.34. The lowest BCUT2D eigenvalue weighted by molar-refractivity contribution is 0.0996. The Hall–Kier alpha value is -1.62. The first-order valence-electron chi connectivity index (χ1n) is 5.16. The molecule has 82 valence electrons. The van der Waals surface area contributed by atoms with Crippen molar-refractivity contribution in [3.05, 3.63) is 34.7 Å². The van der Waals surface area contributed by atoms with Crippen molar-refractivity contribution in [2.24, 2.45) is 0 Å². The number of nitrogens with zero attached hydrogens (tertiary/aromatic N) is 1. The zero-order chi connectivity index (χ0) is 11.0. The lowest BCUT2D eigenvalue weighted by atomic mass is 10.4. The summed E-state index contributed by atoms with van der Waals surface area (Å²) in [5.74, 6) is 0.0767. The number of amides is 1. The third kappa shape index (κ3) is 1.63. The first-order chi connectivity index (χ1) is 7.83. The summed E-state index contributed by atoms with van der Waals surface area (Å²) in [5.41, 5.74) is 1.14. The van der Waals surface area contributed by atoms with Crippen LogP contribution in [0.2, 0.25) is 0 Å². The second kappa shape index (κ2) is 3.75. The predicted octanol–water partition coefficient (Wildman–Crippen LogP) is 2.48. The summed E-state index contributed by atoms with van der Waals surface area (Å²) in [6.07, 6.45) is 4.78. The van der Waals surface area contributed by atoms with E-state index in [2.05, 4.69) is 10.3 Å². The smallest absolute Gasteiger partial charge is 0.293 e. The second-order valence-corrected chi connectivity index (χ2v) is 4.76. The largest absolute Gasteiger partial charge is 0.459 e. The third-order valence-corrected chi connectivity index (χ3v) is 3.63. The molecular formula is C11H10N2O2S. The highest BCUT2D eigenvalue weighted by atomic mass is 32.1. The van der Waals surface area contributed by atoms with Crippen LogP contribution < -0.4 is 5.32 Å². The fraction of sp³-hybridized carbons (Fsp3) is 0.273. The summed E-state index contributed by atoms with van der Waals surface area (Å²) < 4.78 is 5.01. The Morgan fingerprint density at radius 1 is 1.50 bits per heavy atom. The Bertz CT molecular complexity index is 495. The van der Waals surface area contributed by atoms with Gasteiger partial charge < -0.3 is 4.42 Å². The van der Waals surface area contributed by atoms with Crippen molar-refractivity contribution in [2.75, 3.05) is 5.32 Å². The van der Waals surface area contributed by atoms with E-state index in [1.807, 2.05) is 0 Å². The molecule has 0 unspecified atom stereocenters. The van der Waals surface area contributed by atoms with E-state index in [1.54, 1.807) is 23.5 Å². The molecule has 0 fully saturated rings. The normalized spacial score (nSPS) is 13.8. The number of anilines is 1. The van der Waals surface area contributed by atoms with Crippen molar-refractivity contribution < 1.29 is 9.21 Å². The maximum Gasteiger partial charge on any atom is 0.293 e. The number of aryl methyl sites for hydroxylation is 2. The van der Waals surface area contributed by atoms with Crippen molar-refractivity contribution in [1.82, 2.24) is 4.98 Å². The monoisotopic (exact) mass is 234 g/mol. The molecule has 0 aliphatic heterocycles. The summed E-state index contributed by atoms with van der Waals surface area (Å²) in [6.45, 7) is 0. The fourth-order valence-electron chi connectivity index (χ4n) is 1.81. The van der Waals surface area contributed by atoms with Crippen LogP contribution in [-0.2, 0) is 12.8 Å². The highest BCUT2D eigenvalue weighted by molar-refractivity contribution is 7.15. The molecule has 5 heteroatoms. The van der Waals surface area contributed by atoms with Gasteiger partial charge in [0.1, 0.15) is 0 Å². The van der Waals surface area contributed by atoms with Gasteiger partial charge >= 0.3 is 0 Å². The van der Waals surface area contributed by atoms with Crippen LogP contribution in [0, 0.1) is 0 Å². The van der Waals surface area contributed by atoms with Gasteiger partial charge in [0.05, 0.1) is 12.0 Å². The van der Waals surface area contributed by atoms with E-state index in [0.717, 1.165) is 18.5 Å². The maximum absolute atomic E-state index is 11.7. The van der Waals surface area contributed by atoms with Crippen LogP contribution in [0.1, 0.15) is 27.5 Å². The van der Waals surface area contributed by atoms with Gasteiger partial charge in [0.25, 0.3) is 5.91 Å². The molecule has 2 aromatic rings. The summed E-state index contributed by atoms with van der Waals surface area (Å²) in [7, 11) is 0. The van der Waals surface area contributed by atoms with Crippen molar-refractivity contribution in [3.63, 3.8) is 0 Å². The van der Waals surface area contributed by atoms with E-state index >= 15 is 0 Å². The van der Waals surface area contributed by atoms with Crippen LogP contribution in [0.15, 0.2) is 22.8 Å². The third-order valence-electron chi connectivity index (χ3n) is 2.56. The Kier molecular flexibility index (Phi) is 2.25. The number of aromatic nitrogens is 1. The van der Waals surface area contributed by atoms with Crippen LogP contribution in [0.3, 0.4) is 0 Å². The van der Waals surface area contributed by atoms with E-state index in [4.69, 9.17) is 4.42 Å². The average molecular weight is 234 g/mol. The van der Waals surface area contributed by atoms with E-state index in [-0.39, 0.29) is 5.91 Å². The zero-order valence-electron chi connectivity index (χ0n) is 8.53. The highest BCUT2D eigenvalue weighted by Gasteiger charge is 2.18. The molecule has 0 bridgehead atoms. The summed E-state index contributed by atoms with van der Waals surface area (Å²) >= 11 is 1.56. The minimum atomic E-state index is -0.238. The van der Waals surface area contributed by atoms with Gasteiger partial charge in [-0.2, -0.15) is 0 Å². The lowest BCUT2D eigenvalue weighted by Gasteiger charge is -1.97. The highest BCUT2D eigenvalue weighted by Crippen LogP contribution is 2.30. The van der Waals surface area contributed by atoms with Gasteiger partial charge in [-0.15, -0.1) is 11.3 Å². The van der Waals surface area contributed by atoms with Crippen LogP contribution in [0.5, 0.6) is 0 Å². The molecule has 1 N–H and O–H groups in total. The molecule has 0 spiro atoms. The molecule has 4 nitrogen and oxygen atoms in total. The number of furan rings is 1. The van der Waals surface area contributed by atoms with E-state index in [1.165, 1.54) is 17.6 Å². The lowest BCUT2D eigenvalue weighted by Crippen LogP contribution is -2.10. The van der Waals surface area contributed by atoms with Crippen LogP contribution in [0.4, 0.5) is 5.13 Å². The maximum atomic E-state index is 11.7. The Labute approximate surface area is 96.3 Å². The van der Waals surface area contributed by atoms with E-state index in [9.17, 15) is 4.79 Å². The molecule has 1 aliphatic rings. The van der Waals surface area contributed by atoms with E-state index < -0.39 is 0 Å². The Morgan fingerprint density at radius 3 is 3.19 bits per heavy atom. The summed E-state index contributed by atoms with van der Waals surface area (Å²) in [6, 6.07) is 3.33. The molecule has 0 saturated heterocycles. The topological polar surface area (TPSA) is 55.1 Å². The number of nitrogens with one attached hydrogen (secondary N) is 1. The average Bonchev–Trinajstić information content (AvgIpc) is 2.91. The number of hydrogen-bond acceptors (Lipinski definition) is 4. The summed E-state index contributed by atoms with van der Waals surface area (Å²) in [4.78, 5) is 17.4. The van der Waals surface area contributed by atoms with Crippen molar-refractivity contribution in [3.8, 4) is 0 Å². The Balaban J connectivity index is 1.77. The first kappa shape index (κ1) is 9.59. The predicted molar refractivity (Wildman–Crippen MR) is 60.8 cm³/mol. The van der Waals surface area contributed by atoms with Gasteiger partial charge in [-0.05, 0) is 31.4 Å². The molecule has 2 heterocycles. The number of fused-ring (bicyclic) bond motifs is 1.